The van der Waals surface area contributed by atoms with Crippen LogP contribution in [0.5, 0.6) is 11.5 Å². The monoisotopic (exact) mass is 601 g/mol. The van der Waals surface area contributed by atoms with Crippen molar-refractivity contribution < 1.29 is 19.1 Å². The summed E-state index contributed by atoms with van der Waals surface area (Å²) in [7, 11) is 0. The van der Waals surface area contributed by atoms with Crippen molar-refractivity contribution in [3.05, 3.63) is 97.3 Å². The average Bonchev–Trinajstić information content (AvgIpc) is 3.08. The van der Waals surface area contributed by atoms with Gasteiger partial charge in [-0.1, -0.05) is 64.5 Å². The molecular formula is C26H21Br2NO4S. The first kappa shape index (κ1) is 24.6. The minimum absolute atomic E-state index is 0.212. The lowest BCUT2D eigenvalue weighted by Crippen LogP contribution is -2.27. The van der Waals surface area contributed by atoms with Crippen LogP contribution >= 0.6 is 43.6 Å². The van der Waals surface area contributed by atoms with Gasteiger partial charge in [-0.2, -0.15) is 0 Å². The van der Waals surface area contributed by atoms with E-state index in [1.807, 2.05) is 73.7 Å². The van der Waals surface area contributed by atoms with Gasteiger partial charge in [0.05, 0.1) is 22.5 Å². The maximum Gasteiger partial charge on any atom is 0.293 e. The van der Waals surface area contributed by atoms with Crippen LogP contribution in [0, 0.1) is 0 Å². The number of amides is 2. The third-order valence-electron chi connectivity index (χ3n) is 5.02. The van der Waals surface area contributed by atoms with Gasteiger partial charge in [-0.3, -0.25) is 14.5 Å². The minimum Gasteiger partial charge on any atom is -0.490 e. The summed E-state index contributed by atoms with van der Waals surface area (Å²) in [5.41, 5.74) is 2.64. The molecule has 5 nitrogen and oxygen atoms in total. The molecule has 4 rings (SSSR count). The van der Waals surface area contributed by atoms with Gasteiger partial charge in [0.15, 0.2) is 11.5 Å². The summed E-state index contributed by atoms with van der Waals surface area (Å²) >= 11 is 7.98. The van der Waals surface area contributed by atoms with Gasteiger partial charge in [0.25, 0.3) is 11.1 Å². The number of hydrogen-bond acceptors (Lipinski definition) is 5. The van der Waals surface area contributed by atoms with E-state index in [9.17, 15) is 9.59 Å². The van der Waals surface area contributed by atoms with E-state index in [0.29, 0.717) is 34.1 Å². The lowest BCUT2D eigenvalue weighted by atomic mass is 10.1. The van der Waals surface area contributed by atoms with Crippen LogP contribution in [-0.2, 0) is 17.9 Å². The summed E-state index contributed by atoms with van der Waals surface area (Å²) in [6, 6.07) is 21.1. The number of carbonyl (C=O) groups excluding carboxylic acids is 2. The lowest BCUT2D eigenvalue weighted by Gasteiger charge is -2.15. The number of rotatable bonds is 8. The standard InChI is InChI=1S/C26H21Br2NO4S/c1-2-32-22-13-18(12-21(28)24(22)33-16-17-8-4-3-5-9-17)14-23-25(30)29(26(31)34-23)15-19-10-6-7-11-20(19)27/h3-14H,2,15-16H2,1H3/b23-14-. The zero-order chi connectivity index (χ0) is 24.1. The van der Waals surface area contributed by atoms with Gasteiger partial charge < -0.3 is 9.47 Å². The normalized spacial score (nSPS) is 14.7. The summed E-state index contributed by atoms with van der Waals surface area (Å²) in [5, 5.41) is -0.293. The zero-order valence-corrected chi connectivity index (χ0v) is 22.3. The Hall–Kier alpha value is -2.55. The molecule has 1 fully saturated rings. The summed E-state index contributed by atoms with van der Waals surface area (Å²) in [6.45, 7) is 2.96. The van der Waals surface area contributed by atoms with Crippen LogP contribution in [-0.4, -0.2) is 22.7 Å². The molecule has 3 aromatic carbocycles. The van der Waals surface area contributed by atoms with Crippen LogP contribution in [0.1, 0.15) is 23.6 Å². The largest absolute Gasteiger partial charge is 0.490 e. The molecule has 1 aliphatic heterocycles. The highest BCUT2D eigenvalue weighted by Crippen LogP contribution is 2.40. The fourth-order valence-corrected chi connectivity index (χ4v) is 5.21. The lowest BCUT2D eigenvalue weighted by molar-refractivity contribution is -0.123. The van der Waals surface area contributed by atoms with Crippen molar-refractivity contribution in [2.75, 3.05) is 6.61 Å². The number of thioether (sulfide) groups is 1. The molecule has 1 saturated heterocycles. The van der Waals surface area contributed by atoms with E-state index in [1.54, 1.807) is 6.08 Å². The quantitative estimate of drug-likeness (QED) is 0.251. The Kier molecular flexibility index (Phi) is 8.13. The van der Waals surface area contributed by atoms with E-state index < -0.39 is 0 Å². The Morgan fingerprint density at radius 2 is 1.68 bits per heavy atom. The first-order chi connectivity index (χ1) is 16.5. The number of carbonyl (C=O) groups is 2. The molecule has 0 aliphatic carbocycles. The first-order valence-electron chi connectivity index (χ1n) is 10.6. The molecule has 0 N–H and O–H groups in total. The average molecular weight is 603 g/mol. The van der Waals surface area contributed by atoms with Gasteiger partial charge in [0, 0.05) is 4.47 Å². The van der Waals surface area contributed by atoms with Crippen LogP contribution in [0.3, 0.4) is 0 Å². The maximum atomic E-state index is 13.0. The van der Waals surface area contributed by atoms with Gasteiger partial charge in [-0.25, -0.2) is 0 Å². The fraction of sp³-hybridized carbons (Fsp3) is 0.154. The van der Waals surface area contributed by atoms with E-state index >= 15 is 0 Å². The second kappa shape index (κ2) is 11.3. The topological polar surface area (TPSA) is 55.8 Å². The molecule has 1 aliphatic rings. The fourth-order valence-electron chi connectivity index (χ4n) is 3.39. The molecule has 0 unspecified atom stereocenters. The van der Waals surface area contributed by atoms with Gasteiger partial charge in [-0.05, 0) is 75.6 Å². The maximum absolute atomic E-state index is 13.0. The number of halogens is 2. The van der Waals surface area contributed by atoms with Gasteiger partial charge in [-0.15, -0.1) is 0 Å². The Balaban J connectivity index is 1.56. The molecule has 0 bridgehead atoms. The molecule has 0 saturated carbocycles. The predicted octanol–water partition coefficient (Wildman–Crippen LogP) is 7.43. The molecule has 2 amide bonds. The summed E-state index contributed by atoms with van der Waals surface area (Å²) in [4.78, 5) is 27.2. The SMILES string of the molecule is CCOc1cc(/C=C2\SC(=O)N(Cc3ccccc3Br)C2=O)cc(Br)c1OCc1ccccc1. The van der Waals surface area contributed by atoms with Gasteiger partial charge in [0.1, 0.15) is 6.61 Å². The smallest absolute Gasteiger partial charge is 0.293 e. The predicted molar refractivity (Wildman–Crippen MR) is 142 cm³/mol. The zero-order valence-electron chi connectivity index (χ0n) is 18.3. The van der Waals surface area contributed by atoms with Gasteiger partial charge in [0.2, 0.25) is 0 Å². The summed E-state index contributed by atoms with van der Waals surface area (Å²) in [6.07, 6.45) is 1.71. The molecule has 0 atom stereocenters. The van der Waals surface area contributed by atoms with Crippen molar-refractivity contribution in [2.24, 2.45) is 0 Å². The number of nitrogens with zero attached hydrogens (tertiary/aromatic N) is 1. The molecule has 8 heteroatoms. The second-order valence-corrected chi connectivity index (χ2v) is 10.1. The molecule has 34 heavy (non-hydrogen) atoms. The summed E-state index contributed by atoms with van der Waals surface area (Å²) < 4.78 is 13.4. The van der Waals surface area contributed by atoms with E-state index in [0.717, 1.165) is 32.9 Å². The van der Waals surface area contributed by atoms with Crippen LogP contribution in [0.15, 0.2) is 80.6 Å². The number of benzene rings is 3. The molecule has 0 radical (unpaired) electrons. The van der Waals surface area contributed by atoms with E-state index in [2.05, 4.69) is 31.9 Å². The van der Waals surface area contributed by atoms with Crippen molar-refractivity contribution in [3.63, 3.8) is 0 Å². The Morgan fingerprint density at radius 1 is 0.941 bits per heavy atom. The second-order valence-electron chi connectivity index (χ2n) is 7.40. The third-order valence-corrected chi connectivity index (χ3v) is 7.29. The first-order valence-corrected chi connectivity index (χ1v) is 13.0. The van der Waals surface area contributed by atoms with E-state index in [1.165, 1.54) is 4.90 Å². The molecule has 1 heterocycles. The van der Waals surface area contributed by atoms with Crippen molar-refractivity contribution in [1.29, 1.82) is 0 Å². The Bertz CT molecular complexity index is 1250. The molecule has 0 aromatic heterocycles. The molecule has 174 valence electrons. The minimum atomic E-state index is -0.316. The highest BCUT2D eigenvalue weighted by atomic mass is 79.9. The molecule has 0 spiro atoms. The number of imide groups is 1. The van der Waals surface area contributed by atoms with Crippen LogP contribution < -0.4 is 9.47 Å². The highest BCUT2D eigenvalue weighted by Gasteiger charge is 2.35. The molecule has 3 aromatic rings. The Labute approximate surface area is 219 Å². The van der Waals surface area contributed by atoms with Crippen LogP contribution in [0.2, 0.25) is 0 Å². The van der Waals surface area contributed by atoms with Crippen molar-refractivity contribution in [3.8, 4) is 11.5 Å². The van der Waals surface area contributed by atoms with Gasteiger partial charge >= 0.3 is 0 Å². The van der Waals surface area contributed by atoms with E-state index in [-0.39, 0.29) is 17.7 Å². The molecular weight excluding hydrogens is 582 g/mol. The van der Waals surface area contributed by atoms with Crippen molar-refractivity contribution in [1.82, 2.24) is 4.90 Å². The number of ether oxygens (including phenoxy) is 2. The van der Waals surface area contributed by atoms with Crippen LogP contribution in [0.4, 0.5) is 4.79 Å². The third kappa shape index (κ3) is 5.74. The summed E-state index contributed by atoms with van der Waals surface area (Å²) in [5.74, 6) is 0.834. The highest BCUT2D eigenvalue weighted by molar-refractivity contribution is 9.10. The van der Waals surface area contributed by atoms with Crippen LogP contribution in [0.25, 0.3) is 6.08 Å². The van der Waals surface area contributed by atoms with E-state index in [4.69, 9.17) is 9.47 Å². The van der Waals surface area contributed by atoms with Crippen molar-refractivity contribution in [2.45, 2.75) is 20.1 Å². The van der Waals surface area contributed by atoms with Crippen molar-refractivity contribution >= 4 is 60.8 Å². The Morgan fingerprint density at radius 3 is 2.41 bits per heavy atom. The number of hydrogen-bond donors (Lipinski definition) is 0.